The fourth-order valence-electron chi connectivity index (χ4n) is 3.29. The van der Waals surface area contributed by atoms with E-state index in [1.165, 1.54) is 12.3 Å². The summed E-state index contributed by atoms with van der Waals surface area (Å²) in [6, 6.07) is 19.8. The molecule has 0 saturated heterocycles. The number of nitrogens with one attached hydrogen (secondary N) is 3. The number of nitro groups is 1. The molecule has 0 fully saturated rings. The number of aromatic nitrogens is 3. The van der Waals surface area contributed by atoms with Gasteiger partial charge < -0.3 is 16.0 Å². The molecule has 182 valence electrons. The van der Waals surface area contributed by atoms with Crippen LogP contribution in [-0.2, 0) is 6.54 Å². The fourth-order valence-corrected chi connectivity index (χ4v) is 3.74. The summed E-state index contributed by atoms with van der Waals surface area (Å²) in [5, 5.41) is 19.8. The Bertz CT molecular complexity index is 1350. The molecule has 2 heterocycles. The second-order valence-corrected chi connectivity index (χ2v) is 8.58. The van der Waals surface area contributed by atoms with Crippen LogP contribution in [0.25, 0.3) is 11.3 Å². The summed E-state index contributed by atoms with van der Waals surface area (Å²) in [5.41, 5.74) is 3.09. The van der Waals surface area contributed by atoms with Gasteiger partial charge in [0.1, 0.15) is 12.0 Å². The van der Waals surface area contributed by atoms with E-state index in [-0.39, 0.29) is 11.6 Å². The van der Waals surface area contributed by atoms with Gasteiger partial charge in [0, 0.05) is 47.5 Å². The third-order valence-corrected chi connectivity index (χ3v) is 5.61. The van der Waals surface area contributed by atoms with Crippen LogP contribution in [0.1, 0.15) is 15.9 Å². The highest BCUT2D eigenvalue weighted by molar-refractivity contribution is 9.10. The zero-order valence-corrected chi connectivity index (χ0v) is 20.6. The van der Waals surface area contributed by atoms with Gasteiger partial charge in [-0.25, -0.2) is 15.0 Å². The Hall–Kier alpha value is -4.38. The van der Waals surface area contributed by atoms with Crippen molar-refractivity contribution in [2.75, 3.05) is 23.7 Å². The fraction of sp³-hybridized carbons (Fsp3) is 0.120. The van der Waals surface area contributed by atoms with Gasteiger partial charge in [0.15, 0.2) is 0 Å². The van der Waals surface area contributed by atoms with E-state index in [0.717, 1.165) is 21.3 Å². The van der Waals surface area contributed by atoms with Gasteiger partial charge in [0.25, 0.3) is 11.6 Å². The Labute approximate surface area is 215 Å². The van der Waals surface area contributed by atoms with Crippen LogP contribution in [0, 0.1) is 10.1 Å². The molecule has 0 aliphatic heterocycles. The van der Waals surface area contributed by atoms with E-state index in [1.54, 1.807) is 30.5 Å². The molecule has 0 unspecified atom stereocenters. The van der Waals surface area contributed by atoms with Crippen LogP contribution >= 0.6 is 15.9 Å². The largest absolute Gasteiger partial charge is 0.368 e. The molecule has 0 bridgehead atoms. The van der Waals surface area contributed by atoms with E-state index in [1.807, 2.05) is 36.4 Å². The van der Waals surface area contributed by atoms with Crippen molar-refractivity contribution in [2.45, 2.75) is 6.54 Å². The van der Waals surface area contributed by atoms with E-state index < -0.39 is 4.92 Å². The van der Waals surface area contributed by atoms with E-state index in [0.29, 0.717) is 37.0 Å². The highest BCUT2D eigenvalue weighted by Crippen LogP contribution is 2.19. The van der Waals surface area contributed by atoms with Gasteiger partial charge >= 0.3 is 0 Å². The number of halogens is 1. The Morgan fingerprint density at radius 2 is 1.78 bits per heavy atom. The van der Waals surface area contributed by atoms with Gasteiger partial charge in [-0.2, -0.15) is 0 Å². The summed E-state index contributed by atoms with van der Waals surface area (Å²) in [7, 11) is 0. The van der Waals surface area contributed by atoms with Crippen molar-refractivity contribution in [1.29, 1.82) is 0 Å². The van der Waals surface area contributed by atoms with Gasteiger partial charge in [-0.15, -0.1) is 0 Å². The summed E-state index contributed by atoms with van der Waals surface area (Å²) in [6.45, 7) is 1.47. The van der Waals surface area contributed by atoms with Gasteiger partial charge in [-0.3, -0.25) is 14.9 Å². The summed E-state index contributed by atoms with van der Waals surface area (Å²) >= 11 is 3.43. The standard InChI is InChI=1S/C25H22BrN7O3/c26-20-3-1-2-17(14-20)15-31-24(34)19-6-4-18(5-7-19)22-10-11-28-25(32-22)29-13-12-27-23-9-8-21(16-30-23)33(35)36/h1-11,14,16H,12-13,15H2,(H,27,30)(H,31,34)(H,28,29,32). The SMILES string of the molecule is O=C(NCc1cccc(Br)c1)c1ccc(-c2ccnc(NCCNc3ccc([N+](=O)[O-])cn3)n2)cc1. The van der Waals surface area contributed by atoms with Crippen LogP contribution in [0.2, 0.25) is 0 Å². The van der Waals surface area contributed by atoms with E-state index in [9.17, 15) is 14.9 Å². The minimum Gasteiger partial charge on any atom is -0.368 e. The maximum atomic E-state index is 12.5. The molecule has 2 aromatic heterocycles. The molecule has 36 heavy (non-hydrogen) atoms. The number of anilines is 2. The molecule has 0 spiro atoms. The molecule has 0 aliphatic rings. The Morgan fingerprint density at radius 3 is 2.50 bits per heavy atom. The molecule has 0 radical (unpaired) electrons. The third-order valence-electron chi connectivity index (χ3n) is 5.11. The van der Waals surface area contributed by atoms with Crippen LogP contribution in [0.15, 0.2) is 83.6 Å². The van der Waals surface area contributed by atoms with Crippen molar-refractivity contribution < 1.29 is 9.72 Å². The van der Waals surface area contributed by atoms with Crippen LogP contribution in [0.3, 0.4) is 0 Å². The lowest BCUT2D eigenvalue weighted by molar-refractivity contribution is -0.385. The van der Waals surface area contributed by atoms with Gasteiger partial charge in [0.2, 0.25) is 5.95 Å². The highest BCUT2D eigenvalue weighted by atomic mass is 79.9. The highest BCUT2D eigenvalue weighted by Gasteiger charge is 2.08. The van der Waals surface area contributed by atoms with Gasteiger partial charge in [0.05, 0.1) is 10.6 Å². The number of benzene rings is 2. The van der Waals surface area contributed by atoms with Crippen LogP contribution < -0.4 is 16.0 Å². The first kappa shape index (κ1) is 24.7. The zero-order valence-electron chi connectivity index (χ0n) is 19.0. The second-order valence-electron chi connectivity index (χ2n) is 7.67. The Kier molecular flexibility index (Phi) is 8.14. The van der Waals surface area contributed by atoms with Crippen LogP contribution in [0.5, 0.6) is 0 Å². The quantitative estimate of drug-likeness (QED) is 0.148. The molecule has 10 nitrogen and oxygen atoms in total. The topological polar surface area (TPSA) is 135 Å². The van der Waals surface area contributed by atoms with Crippen LogP contribution in [-0.4, -0.2) is 38.9 Å². The minimum atomic E-state index is -0.490. The molecule has 2 aromatic carbocycles. The molecule has 0 atom stereocenters. The summed E-state index contributed by atoms with van der Waals surface area (Å²) < 4.78 is 0.968. The lowest BCUT2D eigenvalue weighted by Crippen LogP contribution is -2.22. The first-order chi connectivity index (χ1) is 17.5. The molecule has 0 aliphatic carbocycles. The molecule has 4 rings (SSSR count). The molecular weight excluding hydrogens is 526 g/mol. The van der Waals surface area contributed by atoms with Crippen molar-refractivity contribution in [3.05, 3.63) is 105 Å². The van der Waals surface area contributed by atoms with Crippen LogP contribution in [0.4, 0.5) is 17.5 Å². The van der Waals surface area contributed by atoms with Crippen molar-refractivity contribution in [2.24, 2.45) is 0 Å². The Balaban J connectivity index is 1.28. The normalized spacial score (nSPS) is 10.5. The monoisotopic (exact) mass is 547 g/mol. The first-order valence-corrected chi connectivity index (χ1v) is 11.8. The summed E-state index contributed by atoms with van der Waals surface area (Å²) in [4.78, 5) is 35.5. The molecular formula is C25H22BrN7O3. The number of carbonyl (C=O) groups excluding carboxylic acids is 1. The number of pyridine rings is 1. The lowest BCUT2D eigenvalue weighted by atomic mass is 10.1. The average molecular weight is 548 g/mol. The van der Waals surface area contributed by atoms with E-state index in [2.05, 4.69) is 46.8 Å². The van der Waals surface area contributed by atoms with Crippen molar-refractivity contribution in [1.82, 2.24) is 20.3 Å². The molecule has 11 heteroatoms. The zero-order chi connectivity index (χ0) is 25.3. The van der Waals surface area contributed by atoms with E-state index in [4.69, 9.17) is 0 Å². The number of hydrogen-bond acceptors (Lipinski definition) is 8. The summed E-state index contributed by atoms with van der Waals surface area (Å²) in [5.74, 6) is 0.848. The second kappa shape index (κ2) is 11.8. The van der Waals surface area contributed by atoms with Crippen molar-refractivity contribution >= 4 is 39.3 Å². The van der Waals surface area contributed by atoms with Crippen molar-refractivity contribution in [3.63, 3.8) is 0 Å². The maximum absolute atomic E-state index is 12.5. The average Bonchev–Trinajstić information content (AvgIpc) is 2.90. The number of rotatable bonds is 10. The van der Waals surface area contributed by atoms with Crippen molar-refractivity contribution in [3.8, 4) is 11.3 Å². The number of amides is 1. The van der Waals surface area contributed by atoms with Gasteiger partial charge in [-0.05, 0) is 42.0 Å². The van der Waals surface area contributed by atoms with Gasteiger partial charge in [-0.1, -0.05) is 40.2 Å². The third kappa shape index (κ3) is 6.83. The summed E-state index contributed by atoms with van der Waals surface area (Å²) in [6.07, 6.45) is 2.87. The number of nitrogens with zero attached hydrogens (tertiary/aromatic N) is 4. The lowest BCUT2D eigenvalue weighted by Gasteiger charge is -2.09. The molecule has 0 saturated carbocycles. The maximum Gasteiger partial charge on any atom is 0.287 e. The molecule has 3 N–H and O–H groups in total. The smallest absolute Gasteiger partial charge is 0.287 e. The Morgan fingerprint density at radius 1 is 0.972 bits per heavy atom. The molecule has 1 amide bonds. The van der Waals surface area contributed by atoms with E-state index >= 15 is 0 Å². The number of hydrogen-bond donors (Lipinski definition) is 3. The first-order valence-electron chi connectivity index (χ1n) is 11.0. The predicted molar refractivity (Wildman–Crippen MR) is 141 cm³/mol. The number of carbonyl (C=O) groups is 1. The molecule has 4 aromatic rings. The predicted octanol–water partition coefficient (Wildman–Crippen LogP) is 4.66. The minimum absolute atomic E-state index is 0.0573.